The maximum absolute atomic E-state index is 11.7. The highest BCUT2D eigenvalue weighted by Crippen LogP contribution is 2.04. The Hall–Kier alpha value is -1.10. The highest BCUT2D eigenvalue weighted by atomic mass is 16.2. The summed E-state index contributed by atoms with van der Waals surface area (Å²) in [6.45, 7) is 3.32. The molecule has 1 aliphatic rings. The predicted molar refractivity (Wildman–Crippen MR) is 57.4 cm³/mol. The summed E-state index contributed by atoms with van der Waals surface area (Å²) in [4.78, 5) is 26.5. The third-order valence-electron chi connectivity index (χ3n) is 2.75. The van der Waals surface area contributed by atoms with Crippen LogP contribution in [0.2, 0.25) is 0 Å². The molecule has 0 saturated carbocycles. The maximum atomic E-state index is 11.7. The number of nitrogens with zero attached hydrogens (tertiary/aromatic N) is 2. The van der Waals surface area contributed by atoms with Crippen molar-refractivity contribution < 1.29 is 9.59 Å². The number of amides is 2. The monoisotopic (exact) mass is 213 g/mol. The smallest absolute Gasteiger partial charge is 0.241 e. The second-order valence-electron chi connectivity index (χ2n) is 4.03. The van der Waals surface area contributed by atoms with Crippen LogP contribution >= 0.6 is 0 Å². The first kappa shape index (κ1) is 12.0. The van der Waals surface area contributed by atoms with E-state index in [0.29, 0.717) is 19.5 Å². The fourth-order valence-corrected chi connectivity index (χ4v) is 1.51. The number of hydrogen-bond donors (Lipinski definition) is 1. The lowest BCUT2D eigenvalue weighted by Crippen LogP contribution is -2.43. The van der Waals surface area contributed by atoms with Crippen molar-refractivity contribution in [1.29, 1.82) is 0 Å². The molecule has 0 aromatic heterocycles. The number of carbonyl (C=O) groups is 2. The van der Waals surface area contributed by atoms with E-state index in [1.165, 1.54) is 0 Å². The van der Waals surface area contributed by atoms with Gasteiger partial charge in [0.15, 0.2) is 0 Å². The molecule has 0 radical (unpaired) electrons. The second-order valence-corrected chi connectivity index (χ2v) is 4.03. The molecule has 1 heterocycles. The van der Waals surface area contributed by atoms with Crippen molar-refractivity contribution in [2.45, 2.75) is 19.4 Å². The minimum Gasteiger partial charge on any atom is -0.344 e. The zero-order chi connectivity index (χ0) is 11.4. The quantitative estimate of drug-likeness (QED) is 0.673. The maximum Gasteiger partial charge on any atom is 0.241 e. The molecule has 1 N–H and O–H groups in total. The van der Waals surface area contributed by atoms with E-state index in [1.807, 2.05) is 14.0 Å². The third kappa shape index (κ3) is 3.20. The van der Waals surface area contributed by atoms with Crippen molar-refractivity contribution >= 4 is 11.8 Å². The lowest BCUT2D eigenvalue weighted by Gasteiger charge is -2.23. The molecule has 1 atom stereocenters. The minimum atomic E-state index is 0.0177. The molecule has 86 valence electrons. The summed E-state index contributed by atoms with van der Waals surface area (Å²) in [5.41, 5.74) is 0. The topological polar surface area (TPSA) is 52.7 Å². The summed E-state index contributed by atoms with van der Waals surface area (Å²) in [6, 6.07) is 0.213. The van der Waals surface area contributed by atoms with E-state index in [2.05, 4.69) is 5.32 Å². The zero-order valence-corrected chi connectivity index (χ0v) is 9.62. The fourth-order valence-electron chi connectivity index (χ4n) is 1.51. The molecule has 0 bridgehead atoms. The molecule has 5 nitrogen and oxygen atoms in total. The van der Waals surface area contributed by atoms with E-state index in [9.17, 15) is 9.59 Å². The molecule has 5 heteroatoms. The molecule has 1 rings (SSSR count). The van der Waals surface area contributed by atoms with Gasteiger partial charge in [-0.3, -0.25) is 9.59 Å². The molecule has 2 amide bonds. The van der Waals surface area contributed by atoms with Gasteiger partial charge in [-0.1, -0.05) is 0 Å². The highest BCUT2D eigenvalue weighted by Gasteiger charge is 2.24. The standard InChI is InChI=1S/C10H19N3O2/c1-8(11-2)6-13-7-10(15)12(3)5-4-9(13)14/h8,11H,4-7H2,1-3H3. The van der Waals surface area contributed by atoms with Crippen molar-refractivity contribution in [3.8, 4) is 0 Å². The molecule has 0 spiro atoms. The summed E-state index contributed by atoms with van der Waals surface area (Å²) in [7, 11) is 3.58. The molecular formula is C10H19N3O2. The number of rotatable bonds is 3. The SMILES string of the molecule is CNC(C)CN1CC(=O)N(C)CCC1=O. The van der Waals surface area contributed by atoms with Gasteiger partial charge < -0.3 is 15.1 Å². The number of hydrogen-bond acceptors (Lipinski definition) is 3. The third-order valence-corrected chi connectivity index (χ3v) is 2.75. The molecular weight excluding hydrogens is 194 g/mol. The van der Waals surface area contributed by atoms with Gasteiger partial charge in [0.05, 0.1) is 6.54 Å². The molecule has 1 unspecified atom stereocenters. The Morgan fingerprint density at radius 2 is 2.07 bits per heavy atom. The summed E-state index contributed by atoms with van der Waals surface area (Å²) >= 11 is 0. The van der Waals surface area contributed by atoms with Crippen LogP contribution in [0, 0.1) is 0 Å². The predicted octanol–water partition coefficient (Wildman–Crippen LogP) is -0.715. The molecule has 0 aliphatic carbocycles. The van der Waals surface area contributed by atoms with Gasteiger partial charge in [0, 0.05) is 32.6 Å². The Kier molecular flexibility index (Phi) is 4.08. The number of carbonyl (C=O) groups excluding carboxylic acids is 2. The van der Waals surface area contributed by atoms with Gasteiger partial charge in [-0.05, 0) is 14.0 Å². The van der Waals surface area contributed by atoms with Crippen LogP contribution in [0.3, 0.4) is 0 Å². The Balaban J connectivity index is 2.61. The molecule has 1 fully saturated rings. The van der Waals surface area contributed by atoms with Crippen LogP contribution < -0.4 is 5.32 Å². The van der Waals surface area contributed by atoms with Gasteiger partial charge in [0.2, 0.25) is 11.8 Å². The summed E-state index contributed by atoms with van der Waals surface area (Å²) in [5, 5.41) is 3.06. The van der Waals surface area contributed by atoms with Crippen LogP contribution in [0.5, 0.6) is 0 Å². The van der Waals surface area contributed by atoms with Crippen LogP contribution in [0.25, 0.3) is 0 Å². The number of nitrogens with one attached hydrogen (secondary N) is 1. The first-order valence-corrected chi connectivity index (χ1v) is 5.23. The first-order valence-electron chi connectivity index (χ1n) is 5.23. The van der Waals surface area contributed by atoms with Crippen molar-refractivity contribution in [1.82, 2.24) is 15.1 Å². The van der Waals surface area contributed by atoms with Crippen molar-refractivity contribution in [3.63, 3.8) is 0 Å². The zero-order valence-electron chi connectivity index (χ0n) is 9.62. The normalized spacial score (nSPS) is 20.5. The van der Waals surface area contributed by atoms with Gasteiger partial charge in [0.25, 0.3) is 0 Å². The molecule has 0 aromatic rings. The Morgan fingerprint density at radius 1 is 1.40 bits per heavy atom. The van der Waals surface area contributed by atoms with E-state index < -0.39 is 0 Å². The van der Waals surface area contributed by atoms with E-state index in [0.717, 1.165) is 0 Å². The largest absolute Gasteiger partial charge is 0.344 e. The van der Waals surface area contributed by atoms with Crippen LogP contribution in [0.15, 0.2) is 0 Å². The summed E-state index contributed by atoms with van der Waals surface area (Å²) in [6.07, 6.45) is 0.429. The van der Waals surface area contributed by atoms with Gasteiger partial charge in [-0.15, -0.1) is 0 Å². The van der Waals surface area contributed by atoms with Crippen LogP contribution in [0.4, 0.5) is 0 Å². The molecule has 15 heavy (non-hydrogen) atoms. The Labute approximate surface area is 90.4 Å². The molecule has 0 aromatic carbocycles. The van der Waals surface area contributed by atoms with Crippen LogP contribution in [0.1, 0.15) is 13.3 Å². The van der Waals surface area contributed by atoms with E-state index in [1.54, 1.807) is 16.8 Å². The first-order chi connectivity index (χ1) is 7.04. The summed E-state index contributed by atoms with van der Waals surface area (Å²) in [5.74, 6) is 0.0824. The van der Waals surface area contributed by atoms with Gasteiger partial charge in [-0.2, -0.15) is 0 Å². The average molecular weight is 213 g/mol. The summed E-state index contributed by atoms with van der Waals surface area (Å²) < 4.78 is 0. The fraction of sp³-hybridized carbons (Fsp3) is 0.800. The van der Waals surface area contributed by atoms with Gasteiger partial charge >= 0.3 is 0 Å². The lowest BCUT2D eigenvalue weighted by atomic mass is 10.3. The van der Waals surface area contributed by atoms with Crippen LogP contribution in [-0.4, -0.2) is 61.4 Å². The Bertz CT molecular complexity index is 255. The number of likely N-dealkylation sites (N-methyl/N-ethyl adjacent to an activating group) is 2. The van der Waals surface area contributed by atoms with Crippen LogP contribution in [-0.2, 0) is 9.59 Å². The van der Waals surface area contributed by atoms with E-state index >= 15 is 0 Å². The molecule has 1 saturated heterocycles. The van der Waals surface area contributed by atoms with Gasteiger partial charge in [0.1, 0.15) is 0 Å². The van der Waals surface area contributed by atoms with Crippen molar-refractivity contribution in [3.05, 3.63) is 0 Å². The molecule has 1 aliphatic heterocycles. The highest BCUT2D eigenvalue weighted by molar-refractivity contribution is 5.87. The van der Waals surface area contributed by atoms with E-state index in [-0.39, 0.29) is 24.4 Å². The second kappa shape index (κ2) is 5.11. The van der Waals surface area contributed by atoms with Crippen molar-refractivity contribution in [2.75, 3.05) is 33.7 Å². The van der Waals surface area contributed by atoms with Gasteiger partial charge in [-0.25, -0.2) is 0 Å². The average Bonchev–Trinajstić information content (AvgIpc) is 2.33. The van der Waals surface area contributed by atoms with E-state index in [4.69, 9.17) is 0 Å². The minimum absolute atomic E-state index is 0.0177. The lowest BCUT2D eigenvalue weighted by molar-refractivity contribution is -0.135. The van der Waals surface area contributed by atoms with Crippen molar-refractivity contribution in [2.24, 2.45) is 0 Å². The Morgan fingerprint density at radius 3 is 2.67 bits per heavy atom.